The first-order valence-corrected chi connectivity index (χ1v) is 4.30. The fraction of sp³-hybridized carbons (Fsp3) is 0.300. The lowest BCUT2D eigenvalue weighted by molar-refractivity contribution is 0.0956. The van der Waals surface area contributed by atoms with Crippen molar-refractivity contribution in [1.82, 2.24) is 5.32 Å². The molecule has 0 aromatic heterocycles. The first-order chi connectivity index (χ1) is 6.16. The zero-order valence-electron chi connectivity index (χ0n) is 7.92. The highest BCUT2D eigenvalue weighted by Gasteiger charge is 2.10. The molecule has 0 fully saturated rings. The van der Waals surface area contributed by atoms with Crippen LogP contribution in [0.15, 0.2) is 18.2 Å². The van der Waals surface area contributed by atoms with Crippen molar-refractivity contribution in [2.75, 3.05) is 12.3 Å². The Kier molecular flexibility index (Phi) is 2.90. The maximum atomic E-state index is 11.5. The van der Waals surface area contributed by atoms with Crippen molar-refractivity contribution in [1.29, 1.82) is 0 Å². The van der Waals surface area contributed by atoms with Crippen LogP contribution < -0.4 is 11.1 Å². The maximum Gasteiger partial charge on any atom is 0.253 e. The van der Waals surface area contributed by atoms with E-state index in [1.54, 1.807) is 6.07 Å². The van der Waals surface area contributed by atoms with Gasteiger partial charge >= 0.3 is 0 Å². The van der Waals surface area contributed by atoms with Crippen molar-refractivity contribution in [3.05, 3.63) is 29.3 Å². The van der Waals surface area contributed by atoms with Crippen LogP contribution in [0.2, 0.25) is 0 Å². The van der Waals surface area contributed by atoms with Crippen LogP contribution in [0.1, 0.15) is 22.8 Å². The highest BCUT2D eigenvalue weighted by atomic mass is 16.1. The summed E-state index contributed by atoms with van der Waals surface area (Å²) in [6.45, 7) is 4.37. The molecule has 0 atom stereocenters. The standard InChI is InChI=1S/C10H14N2O/c1-3-12-10(13)9-7(2)5-4-6-8(9)11/h4-6H,3,11H2,1-2H3,(H,12,13). The Hall–Kier alpha value is -1.51. The van der Waals surface area contributed by atoms with Crippen molar-refractivity contribution >= 4 is 11.6 Å². The van der Waals surface area contributed by atoms with Gasteiger partial charge in [0.25, 0.3) is 5.91 Å². The van der Waals surface area contributed by atoms with E-state index in [4.69, 9.17) is 5.73 Å². The van der Waals surface area contributed by atoms with Gasteiger partial charge < -0.3 is 11.1 Å². The zero-order valence-corrected chi connectivity index (χ0v) is 7.92. The van der Waals surface area contributed by atoms with Gasteiger partial charge in [-0.1, -0.05) is 12.1 Å². The zero-order chi connectivity index (χ0) is 9.84. The second-order valence-electron chi connectivity index (χ2n) is 2.90. The van der Waals surface area contributed by atoms with Crippen molar-refractivity contribution in [2.45, 2.75) is 13.8 Å². The van der Waals surface area contributed by atoms with Crippen LogP contribution in [0.4, 0.5) is 5.69 Å². The van der Waals surface area contributed by atoms with Gasteiger partial charge in [-0.15, -0.1) is 0 Å². The van der Waals surface area contributed by atoms with Gasteiger partial charge in [0, 0.05) is 12.2 Å². The van der Waals surface area contributed by atoms with E-state index in [2.05, 4.69) is 5.32 Å². The number of benzene rings is 1. The first kappa shape index (κ1) is 9.58. The molecule has 1 aromatic carbocycles. The lowest BCUT2D eigenvalue weighted by Crippen LogP contribution is -2.24. The number of nitrogens with one attached hydrogen (secondary N) is 1. The molecule has 0 unspecified atom stereocenters. The summed E-state index contributed by atoms with van der Waals surface area (Å²) in [5.41, 5.74) is 7.72. The highest BCUT2D eigenvalue weighted by Crippen LogP contribution is 2.15. The van der Waals surface area contributed by atoms with E-state index >= 15 is 0 Å². The fourth-order valence-electron chi connectivity index (χ4n) is 1.25. The monoisotopic (exact) mass is 178 g/mol. The molecule has 0 aliphatic rings. The largest absolute Gasteiger partial charge is 0.398 e. The lowest BCUT2D eigenvalue weighted by atomic mass is 10.1. The van der Waals surface area contributed by atoms with E-state index in [0.29, 0.717) is 17.8 Å². The van der Waals surface area contributed by atoms with E-state index in [1.807, 2.05) is 26.0 Å². The minimum absolute atomic E-state index is 0.0990. The normalized spacial score (nSPS) is 9.69. The average Bonchev–Trinajstić information content (AvgIpc) is 2.04. The molecular formula is C10H14N2O. The molecule has 3 heteroatoms. The molecule has 1 rings (SSSR count). The van der Waals surface area contributed by atoms with E-state index in [1.165, 1.54) is 0 Å². The van der Waals surface area contributed by atoms with Gasteiger partial charge in [0.05, 0.1) is 5.56 Å². The summed E-state index contributed by atoms with van der Waals surface area (Å²) in [4.78, 5) is 11.5. The van der Waals surface area contributed by atoms with E-state index in [9.17, 15) is 4.79 Å². The fourth-order valence-corrected chi connectivity index (χ4v) is 1.25. The third kappa shape index (κ3) is 1.99. The van der Waals surface area contributed by atoms with Crippen LogP contribution in [-0.2, 0) is 0 Å². The smallest absolute Gasteiger partial charge is 0.253 e. The highest BCUT2D eigenvalue weighted by molar-refractivity contribution is 6.00. The maximum absolute atomic E-state index is 11.5. The third-order valence-corrected chi connectivity index (χ3v) is 1.87. The van der Waals surface area contributed by atoms with Gasteiger partial charge in [-0.3, -0.25) is 4.79 Å². The van der Waals surface area contributed by atoms with Crippen molar-refractivity contribution in [3.63, 3.8) is 0 Å². The summed E-state index contributed by atoms with van der Waals surface area (Å²) in [5, 5.41) is 2.72. The predicted molar refractivity (Wildman–Crippen MR) is 53.6 cm³/mol. The second-order valence-corrected chi connectivity index (χ2v) is 2.90. The van der Waals surface area contributed by atoms with Gasteiger partial charge in [-0.05, 0) is 25.5 Å². The molecule has 3 nitrogen and oxygen atoms in total. The molecule has 0 aliphatic heterocycles. The number of carbonyl (C=O) groups is 1. The summed E-state index contributed by atoms with van der Waals surface area (Å²) in [6.07, 6.45) is 0. The molecule has 3 N–H and O–H groups in total. The van der Waals surface area contributed by atoms with Crippen LogP contribution in [0, 0.1) is 6.92 Å². The molecular weight excluding hydrogens is 164 g/mol. The number of hydrogen-bond donors (Lipinski definition) is 2. The Morgan fingerprint density at radius 3 is 2.77 bits per heavy atom. The van der Waals surface area contributed by atoms with E-state index in [0.717, 1.165) is 5.56 Å². The minimum Gasteiger partial charge on any atom is -0.398 e. The molecule has 1 amide bonds. The minimum atomic E-state index is -0.0990. The predicted octanol–water partition coefficient (Wildman–Crippen LogP) is 1.33. The van der Waals surface area contributed by atoms with Gasteiger partial charge in [0.2, 0.25) is 0 Å². The SMILES string of the molecule is CCNC(=O)c1c(C)cccc1N. The van der Waals surface area contributed by atoms with Crippen molar-refractivity contribution in [2.24, 2.45) is 0 Å². The van der Waals surface area contributed by atoms with Crippen LogP contribution in [0.3, 0.4) is 0 Å². The number of amides is 1. The lowest BCUT2D eigenvalue weighted by Gasteiger charge is -2.08. The number of nitrogens with two attached hydrogens (primary N) is 1. The molecule has 0 radical (unpaired) electrons. The summed E-state index contributed by atoms with van der Waals surface area (Å²) in [5.74, 6) is -0.0990. The summed E-state index contributed by atoms with van der Waals surface area (Å²) < 4.78 is 0. The molecule has 0 saturated carbocycles. The Balaban J connectivity index is 3.05. The molecule has 0 heterocycles. The summed E-state index contributed by atoms with van der Waals surface area (Å²) >= 11 is 0. The van der Waals surface area contributed by atoms with Crippen LogP contribution in [-0.4, -0.2) is 12.5 Å². The molecule has 1 aromatic rings. The van der Waals surface area contributed by atoms with E-state index < -0.39 is 0 Å². The number of nitrogen functional groups attached to an aromatic ring is 1. The third-order valence-electron chi connectivity index (χ3n) is 1.87. The molecule has 0 saturated heterocycles. The number of hydrogen-bond acceptors (Lipinski definition) is 2. The number of carbonyl (C=O) groups excluding carboxylic acids is 1. The quantitative estimate of drug-likeness (QED) is 0.671. The second kappa shape index (κ2) is 3.94. The Morgan fingerprint density at radius 2 is 2.23 bits per heavy atom. The van der Waals surface area contributed by atoms with Gasteiger partial charge in [0.1, 0.15) is 0 Å². The Labute approximate surface area is 77.9 Å². The van der Waals surface area contributed by atoms with Crippen molar-refractivity contribution < 1.29 is 4.79 Å². The van der Waals surface area contributed by atoms with Gasteiger partial charge in [-0.2, -0.15) is 0 Å². The first-order valence-electron chi connectivity index (χ1n) is 4.30. The molecule has 13 heavy (non-hydrogen) atoms. The Morgan fingerprint density at radius 1 is 1.54 bits per heavy atom. The van der Waals surface area contributed by atoms with Crippen LogP contribution in [0.5, 0.6) is 0 Å². The van der Waals surface area contributed by atoms with Crippen molar-refractivity contribution in [3.8, 4) is 0 Å². The molecule has 0 spiro atoms. The number of anilines is 1. The van der Waals surface area contributed by atoms with Gasteiger partial charge in [0.15, 0.2) is 0 Å². The van der Waals surface area contributed by atoms with Crippen LogP contribution in [0.25, 0.3) is 0 Å². The van der Waals surface area contributed by atoms with E-state index in [-0.39, 0.29) is 5.91 Å². The molecule has 0 aliphatic carbocycles. The average molecular weight is 178 g/mol. The summed E-state index contributed by atoms with van der Waals surface area (Å²) in [6, 6.07) is 5.45. The molecule has 70 valence electrons. The molecule has 0 bridgehead atoms. The Bertz CT molecular complexity index is 300. The number of aryl methyl sites for hydroxylation is 1. The summed E-state index contributed by atoms with van der Waals surface area (Å²) in [7, 11) is 0. The topological polar surface area (TPSA) is 55.1 Å². The van der Waals surface area contributed by atoms with Crippen LogP contribution >= 0.6 is 0 Å². The van der Waals surface area contributed by atoms with Gasteiger partial charge in [-0.25, -0.2) is 0 Å². The number of rotatable bonds is 2.